The van der Waals surface area contributed by atoms with Gasteiger partial charge in [-0.25, -0.2) is 0 Å². The lowest BCUT2D eigenvalue weighted by molar-refractivity contribution is -0.385. The summed E-state index contributed by atoms with van der Waals surface area (Å²) in [6.07, 6.45) is 0.824. The molecule has 1 aromatic rings. The number of hydrogen-bond acceptors (Lipinski definition) is 5. The van der Waals surface area contributed by atoms with Crippen LogP contribution in [0.25, 0.3) is 0 Å². The molecule has 1 aliphatic heterocycles. The van der Waals surface area contributed by atoms with Crippen molar-refractivity contribution in [2.24, 2.45) is 5.92 Å². The van der Waals surface area contributed by atoms with Crippen molar-refractivity contribution in [3.05, 3.63) is 33.9 Å². The van der Waals surface area contributed by atoms with Crippen molar-refractivity contribution in [2.45, 2.75) is 26.3 Å². The van der Waals surface area contributed by atoms with Crippen molar-refractivity contribution in [3.63, 3.8) is 0 Å². The minimum atomic E-state index is -0.681. The lowest BCUT2D eigenvalue weighted by Gasteiger charge is -2.36. The van der Waals surface area contributed by atoms with Gasteiger partial charge in [0.15, 0.2) is 5.75 Å². The number of rotatable bonds is 4. The summed E-state index contributed by atoms with van der Waals surface area (Å²) in [6, 6.07) is 3.67. The first-order valence-electron chi connectivity index (χ1n) is 7.26. The highest BCUT2D eigenvalue weighted by Crippen LogP contribution is 2.27. The standard InChI is InChI=1S/C15H20N2O5/c1-10(2)7-12-9-22-6-5-16(12)15(19)11-3-4-13(17(20)21)14(18)8-11/h3-4,8,10,12,18H,5-7,9H2,1-2H3/t12-/m0/s1. The van der Waals surface area contributed by atoms with Gasteiger partial charge in [-0.1, -0.05) is 13.8 Å². The van der Waals surface area contributed by atoms with Gasteiger partial charge in [0.2, 0.25) is 0 Å². The fraction of sp³-hybridized carbons (Fsp3) is 0.533. The molecule has 22 heavy (non-hydrogen) atoms. The third-order valence-electron chi connectivity index (χ3n) is 3.65. The molecule has 0 aromatic heterocycles. The van der Waals surface area contributed by atoms with Crippen LogP contribution < -0.4 is 0 Å². The summed E-state index contributed by atoms with van der Waals surface area (Å²) in [7, 11) is 0. The number of morpholine rings is 1. The Balaban J connectivity index is 2.21. The number of nitrogens with zero attached hydrogens (tertiary/aromatic N) is 2. The predicted molar refractivity (Wildman–Crippen MR) is 79.9 cm³/mol. The van der Waals surface area contributed by atoms with Gasteiger partial charge in [0.1, 0.15) is 0 Å². The van der Waals surface area contributed by atoms with Gasteiger partial charge >= 0.3 is 5.69 Å². The quantitative estimate of drug-likeness (QED) is 0.680. The molecule has 0 aliphatic carbocycles. The molecule has 7 nitrogen and oxygen atoms in total. The van der Waals surface area contributed by atoms with Gasteiger partial charge < -0.3 is 14.7 Å². The van der Waals surface area contributed by atoms with Crippen LogP contribution in [0.5, 0.6) is 5.75 Å². The van der Waals surface area contributed by atoms with E-state index >= 15 is 0 Å². The summed E-state index contributed by atoms with van der Waals surface area (Å²) in [4.78, 5) is 24.4. The van der Waals surface area contributed by atoms with Crippen molar-refractivity contribution < 1.29 is 19.6 Å². The second kappa shape index (κ2) is 6.74. The topological polar surface area (TPSA) is 92.9 Å². The number of carbonyl (C=O) groups excluding carboxylic acids is 1. The van der Waals surface area contributed by atoms with Gasteiger partial charge in [-0.15, -0.1) is 0 Å². The molecule has 0 unspecified atom stereocenters. The Morgan fingerprint density at radius 2 is 2.27 bits per heavy atom. The Morgan fingerprint density at radius 1 is 1.55 bits per heavy atom. The second-order valence-electron chi connectivity index (χ2n) is 5.82. The molecule has 2 rings (SSSR count). The van der Waals surface area contributed by atoms with E-state index in [0.717, 1.165) is 18.6 Å². The summed E-state index contributed by atoms with van der Waals surface area (Å²) in [5.41, 5.74) is -0.156. The molecule has 1 saturated heterocycles. The highest BCUT2D eigenvalue weighted by atomic mass is 16.6. The zero-order valence-corrected chi connectivity index (χ0v) is 12.7. The van der Waals surface area contributed by atoms with Gasteiger partial charge in [-0.05, 0) is 24.5 Å². The maximum Gasteiger partial charge on any atom is 0.310 e. The molecule has 1 amide bonds. The van der Waals surface area contributed by atoms with Crippen LogP contribution in [0, 0.1) is 16.0 Å². The van der Waals surface area contributed by atoms with Gasteiger partial charge in [-0.2, -0.15) is 0 Å². The van der Waals surface area contributed by atoms with Crippen molar-refractivity contribution in [3.8, 4) is 5.75 Å². The average Bonchev–Trinajstić information content (AvgIpc) is 2.46. The van der Waals surface area contributed by atoms with E-state index in [-0.39, 0.29) is 17.5 Å². The number of nitro benzene ring substituents is 1. The number of phenolic OH excluding ortho intramolecular Hbond substituents is 1. The number of amides is 1. The van der Waals surface area contributed by atoms with Crippen LogP contribution in [0.15, 0.2) is 18.2 Å². The Morgan fingerprint density at radius 3 is 2.86 bits per heavy atom. The zero-order valence-electron chi connectivity index (χ0n) is 12.7. The molecule has 1 N–H and O–H groups in total. The van der Waals surface area contributed by atoms with Crippen LogP contribution in [0.4, 0.5) is 5.69 Å². The molecule has 0 spiro atoms. The van der Waals surface area contributed by atoms with Crippen LogP contribution in [-0.2, 0) is 4.74 Å². The first kappa shape index (κ1) is 16.2. The van der Waals surface area contributed by atoms with E-state index in [4.69, 9.17) is 4.74 Å². The van der Waals surface area contributed by atoms with E-state index in [1.54, 1.807) is 4.90 Å². The molecule has 0 saturated carbocycles. The zero-order chi connectivity index (χ0) is 16.3. The maximum atomic E-state index is 12.6. The fourth-order valence-electron chi connectivity index (χ4n) is 2.64. The summed E-state index contributed by atoms with van der Waals surface area (Å²) in [5.74, 6) is -0.309. The van der Waals surface area contributed by atoms with E-state index in [1.165, 1.54) is 6.07 Å². The van der Waals surface area contributed by atoms with Gasteiger partial charge in [0.25, 0.3) is 5.91 Å². The van der Waals surface area contributed by atoms with E-state index in [2.05, 4.69) is 13.8 Å². The monoisotopic (exact) mass is 308 g/mol. The third kappa shape index (κ3) is 3.54. The number of hydrogen-bond donors (Lipinski definition) is 1. The van der Waals surface area contributed by atoms with Crippen molar-refractivity contribution in [1.82, 2.24) is 4.90 Å². The molecule has 1 atom stereocenters. The molecule has 120 valence electrons. The van der Waals surface area contributed by atoms with Crippen molar-refractivity contribution in [1.29, 1.82) is 0 Å². The lowest BCUT2D eigenvalue weighted by Crippen LogP contribution is -2.49. The van der Waals surface area contributed by atoms with E-state index in [1.807, 2.05) is 0 Å². The van der Waals surface area contributed by atoms with Crippen LogP contribution in [-0.4, -0.2) is 46.6 Å². The van der Waals surface area contributed by atoms with E-state index in [0.29, 0.717) is 25.7 Å². The fourth-order valence-corrected chi connectivity index (χ4v) is 2.64. The lowest BCUT2D eigenvalue weighted by atomic mass is 10.0. The third-order valence-corrected chi connectivity index (χ3v) is 3.65. The molecule has 1 fully saturated rings. The SMILES string of the molecule is CC(C)C[C@H]1COCCN1C(=O)c1ccc([N+](=O)[O-])c(O)c1. The van der Waals surface area contributed by atoms with Crippen LogP contribution in [0.1, 0.15) is 30.6 Å². The number of benzene rings is 1. The second-order valence-corrected chi connectivity index (χ2v) is 5.82. The largest absolute Gasteiger partial charge is 0.502 e. The Hall–Kier alpha value is -2.15. The van der Waals surface area contributed by atoms with Gasteiger partial charge in [0, 0.05) is 18.2 Å². The predicted octanol–water partition coefficient (Wildman–Crippen LogP) is 2.19. The first-order chi connectivity index (χ1) is 10.4. The smallest absolute Gasteiger partial charge is 0.310 e. The molecule has 0 radical (unpaired) electrons. The molecule has 1 aliphatic rings. The van der Waals surface area contributed by atoms with E-state index in [9.17, 15) is 20.0 Å². The molecule has 1 heterocycles. The normalized spacial score (nSPS) is 18.5. The summed E-state index contributed by atoms with van der Waals surface area (Å²) in [5, 5.41) is 20.4. The Bertz CT molecular complexity index is 573. The number of ether oxygens (including phenoxy) is 1. The summed E-state index contributed by atoms with van der Waals surface area (Å²) < 4.78 is 5.44. The van der Waals surface area contributed by atoms with Gasteiger partial charge in [0.05, 0.1) is 24.2 Å². The minimum absolute atomic E-state index is 0.0152. The van der Waals surface area contributed by atoms with Crippen LogP contribution in [0.3, 0.4) is 0 Å². The van der Waals surface area contributed by atoms with Crippen molar-refractivity contribution >= 4 is 11.6 Å². The van der Waals surface area contributed by atoms with Crippen molar-refractivity contribution in [2.75, 3.05) is 19.8 Å². The molecule has 0 bridgehead atoms. The highest BCUT2D eigenvalue weighted by Gasteiger charge is 2.29. The summed E-state index contributed by atoms with van der Waals surface area (Å²) >= 11 is 0. The van der Waals surface area contributed by atoms with Crippen LogP contribution in [0.2, 0.25) is 0 Å². The van der Waals surface area contributed by atoms with E-state index < -0.39 is 16.4 Å². The van der Waals surface area contributed by atoms with Crippen LogP contribution >= 0.6 is 0 Å². The molecule has 1 aromatic carbocycles. The molecule has 7 heteroatoms. The number of phenols is 1. The molecular weight excluding hydrogens is 288 g/mol. The average molecular weight is 308 g/mol. The number of nitro groups is 1. The molecular formula is C15H20N2O5. The first-order valence-corrected chi connectivity index (χ1v) is 7.26. The number of aromatic hydroxyl groups is 1. The number of carbonyl (C=O) groups is 1. The Labute approximate surface area is 128 Å². The van der Waals surface area contributed by atoms with Gasteiger partial charge in [-0.3, -0.25) is 14.9 Å². The summed E-state index contributed by atoms with van der Waals surface area (Å²) in [6.45, 7) is 5.60. The highest BCUT2D eigenvalue weighted by molar-refractivity contribution is 5.95. The Kier molecular flexibility index (Phi) is 4.97. The minimum Gasteiger partial charge on any atom is -0.502 e. The maximum absolute atomic E-state index is 12.6.